The fourth-order valence-electron chi connectivity index (χ4n) is 1.28. The summed E-state index contributed by atoms with van der Waals surface area (Å²) in [6, 6.07) is 2.02. The molecule has 1 heterocycles. The number of H-pyrrole nitrogens is 1. The van der Waals surface area contributed by atoms with E-state index in [1.54, 1.807) is 0 Å². The van der Waals surface area contributed by atoms with E-state index in [-0.39, 0.29) is 21.0 Å². The third-order valence-electron chi connectivity index (χ3n) is 2.07. The lowest BCUT2D eigenvalue weighted by Gasteiger charge is -2.09. The van der Waals surface area contributed by atoms with Crippen LogP contribution in [0.25, 0.3) is 0 Å². The minimum atomic E-state index is -3.92. The number of nitrogens with one attached hydrogen (secondary N) is 2. The zero-order valence-electron chi connectivity index (χ0n) is 8.81. The standard InChI is InChI=1S/C9H8BrFN4O2S/c10-5-3-8(7(12)4-6(5)11)18(16,17)15-9-13-1-2-14-9/h1-4H,12H2,(H2,13,14,15). The molecule has 4 N–H and O–H groups in total. The number of aromatic amines is 1. The molecule has 0 aliphatic carbocycles. The van der Waals surface area contributed by atoms with Crippen molar-refractivity contribution < 1.29 is 12.8 Å². The Bertz CT molecular complexity index is 672. The van der Waals surface area contributed by atoms with Gasteiger partial charge in [-0.15, -0.1) is 0 Å². The van der Waals surface area contributed by atoms with Crippen LogP contribution in [-0.4, -0.2) is 18.4 Å². The van der Waals surface area contributed by atoms with Crippen LogP contribution in [0.3, 0.4) is 0 Å². The quantitative estimate of drug-likeness (QED) is 0.743. The highest BCUT2D eigenvalue weighted by Gasteiger charge is 2.20. The molecule has 6 nitrogen and oxygen atoms in total. The van der Waals surface area contributed by atoms with Gasteiger partial charge in [0.2, 0.25) is 5.95 Å². The van der Waals surface area contributed by atoms with E-state index >= 15 is 0 Å². The molecule has 18 heavy (non-hydrogen) atoms. The number of imidazole rings is 1. The second kappa shape index (κ2) is 4.58. The summed E-state index contributed by atoms with van der Waals surface area (Å²) < 4.78 is 39.3. The van der Waals surface area contributed by atoms with E-state index in [4.69, 9.17) is 5.73 Å². The monoisotopic (exact) mass is 334 g/mol. The number of hydrogen-bond donors (Lipinski definition) is 3. The smallest absolute Gasteiger partial charge is 0.266 e. The summed E-state index contributed by atoms with van der Waals surface area (Å²) in [5, 5.41) is 0. The number of benzene rings is 1. The lowest BCUT2D eigenvalue weighted by atomic mass is 10.3. The Balaban J connectivity index is 2.44. The van der Waals surface area contributed by atoms with Crippen molar-refractivity contribution in [2.75, 3.05) is 10.5 Å². The molecule has 0 spiro atoms. The first-order valence-corrected chi connectivity index (χ1v) is 6.94. The van der Waals surface area contributed by atoms with Gasteiger partial charge in [-0.2, -0.15) is 0 Å². The van der Waals surface area contributed by atoms with Crippen molar-refractivity contribution in [1.82, 2.24) is 9.97 Å². The number of halogens is 2. The van der Waals surface area contributed by atoms with E-state index in [1.165, 1.54) is 12.4 Å². The highest BCUT2D eigenvalue weighted by molar-refractivity contribution is 9.10. The van der Waals surface area contributed by atoms with Gasteiger partial charge in [-0.3, -0.25) is 0 Å². The lowest BCUT2D eigenvalue weighted by molar-refractivity contribution is 0.599. The van der Waals surface area contributed by atoms with Crippen molar-refractivity contribution in [1.29, 1.82) is 0 Å². The van der Waals surface area contributed by atoms with Crippen molar-refractivity contribution >= 4 is 37.6 Å². The van der Waals surface area contributed by atoms with Crippen molar-refractivity contribution in [3.05, 3.63) is 34.8 Å². The van der Waals surface area contributed by atoms with Crippen LogP contribution in [0.2, 0.25) is 0 Å². The zero-order chi connectivity index (χ0) is 13.3. The number of nitrogen functional groups attached to an aromatic ring is 1. The fourth-order valence-corrected chi connectivity index (χ4v) is 2.89. The molecule has 1 aromatic carbocycles. The molecule has 0 fully saturated rings. The minimum Gasteiger partial charge on any atom is -0.398 e. The Morgan fingerprint density at radius 2 is 2.17 bits per heavy atom. The number of anilines is 2. The van der Waals surface area contributed by atoms with Crippen LogP contribution in [0.15, 0.2) is 33.9 Å². The molecule has 1 aromatic heterocycles. The van der Waals surface area contributed by atoms with Gasteiger partial charge in [0.25, 0.3) is 10.0 Å². The van der Waals surface area contributed by atoms with Gasteiger partial charge in [0.05, 0.1) is 10.2 Å². The maximum absolute atomic E-state index is 13.2. The largest absolute Gasteiger partial charge is 0.398 e. The summed E-state index contributed by atoms with van der Waals surface area (Å²) in [4.78, 5) is 6.08. The molecule has 2 aromatic rings. The Labute approximate surface area is 111 Å². The number of aromatic nitrogens is 2. The number of sulfonamides is 1. The third kappa shape index (κ3) is 2.46. The van der Waals surface area contributed by atoms with Gasteiger partial charge in [-0.25, -0.2) is 22.5 Å². The lowest BCUT2D eigenvalue weighted by Crippen LogP contribution is -2.16. The van der Waals surface area contributed by atoms with Gasteiger partial charge in [-0.05, 0) is 28.1 Å². The predicted octanol–water partition coefficient (Wildman–Crippen LogP) is 1.69. The molecular weight excluding hydrogens is 327 g/mol. The first kappa shape index (κ1) is 12.8. The van der Waals surface area contributed by atoms with Crippen LogP contribution in [0, 0.1) is 5.82 Å². The topological polar surface area (TPSA) is 101 Å². The Hall–Kier alpha value is -1.61. The minimum absolute atomic E-state index is 0.0107. The van der Waals surface area contributed by atoms with Gasteiger partial charge in [0.15, 0.2) is 0 Å². The summed E-state index contributed by atoms with van der Waals surface area (Å²) in [7, 11) is -3.92. The highest BCUT2D eigenvalue weighted by Crippen LogP contribution is 2.27. The van der Waals surface area contributed by atoms with Crippen LogP contribution in [-0.2, 0) is 10.0 Å². The molecule has 0 bridgehead atoms. The van der Waals surface area contributed by atoms with Gasteiger partial charge < -0.3 is 10.7 Å². The average molecular weight is 335 g/mol. The van der Waals surface area contributed by atoms with Crippen molar-refractivity contribution in [2.45, 2.75) is 4.90 Å². The van der Waals surface area contributed by atoms with Crippen molar-refractivity contribution in [2.24, 2.45) is 0 Å². The molecule has 0 aliphatic rings. The van der Waals surface area contributed by atoms with Crippen molar-refractivity contribution in [3.63, 3.8) is 0 Å². The van der Waals surface area contributed by atoms with Crippen LogP contribution in [0.5, 0.6) is 0 Å². The Kier molecular flexibility index (Phi) is 3.26. The average Bonchev–Trinajstić information content (AvgIpc) is 2.75. The molecule has 96 valence electrons. The SMILES string of the molecule is Nc1cc(F)c(Br)cc1S(=O)(=O)Nc1ncc[nH]1. The van der Waals surface area contributed by atoms with E-state index < -0.39 is 15.8 Å². The maximum atomic E-state index is 13.2. The van der Waals surface area contributed by atoms with Crippen molar-refractivity contribution in [3.8, 4) is 0 Å². The predicted molar refractivity (Wildman–Crippen MR) is 67.9 cm³/mol. The molecule has 0 aliphatic heterocycles. The molecule has 0 atom stereocenters. The molecule has 0 radical (unpaired) electrons. The summed E-state index contributed by atoms with van der Waals surface area (Å²) in [5.41, 5.74) is 5.31. The van der Waals surface area contributed by atoms with Gasteiger partial charge in [0, 0.05) is 12.4 Å². The van der Waals surface area contributed by atoms with E-state index in [0.29, 0.717) is 0 Å². The van der Waals surface area contributed by atoms with Crippen LogP contribution in [0.1, 0.15) is 0 Å². The number of nitrogens with two attached hydrogens (primary N) is 1. The van der Waals surface area contributed by atoms with Gasteiger partial charge in [0.1, 0.15) is 10.7 Å². The van der Waals surface area contributed by atoms with Crippen LogP contribution < -0.4 is 10.5 Å². The molecule has 0 saturated heterocycles. The summed E-state index contributed by atoms with van der Waals surface area (Å²) >= 11 is 2.90. The normalized spacial score (nSPS) is 11.4. The summed E-state index contributed by atoms with van der Waals surface area (Å²) in [6.45, 7) is 0. The highest BCUT2D eigenvalue weighted by atomic mass is 79.9. The molecule has 2 rings (SSSR count). The Morgan fingerprint density at radius 1 is 1.44 bits per heavy atom. The summed E-state index contributed by atoms with van der Waals surface area (Å²) in [6.07, 6.45) is 2.85. The molecule has 0 saturated carbocycles. The fraction of sp³-hybridized carbons (Fsp3) is 0. The van der Waals surface area contributed by atoms with E-state index in [2.05, 4.69) is 30.6 Å². The first-order chi connectivity index (χ1) is 8.40. The van der Waals surface area contributed by atoms with E-state index in [0.717, 1.165) is 12.1 Å². The number of rotatable bonds is 3. The van der Waals surface area contributed by atoms with E-state index in [1.807, 2.05) is 0 Å². The second-order valence-corrected chi connectivity index (χ2v) is 5.85. The van der Waals surface area contributed by atoms with Gasteiger partial charge in [-0.1, -0.05) is 0 Å². The number of hydrogen-bond acceptors (Lipinski definition) is 4. The first-order valence-electron chi connectivity index (χ1n) is 4.67. The molecule has 0 unspecified atom stereocenters. The number of nitrogens with zero attached hydrogens (tertiary/aromatic N) is 1. The van der Waals surface area contributed by atoms with Crippen LogP contribution in [0.4, 0.5) is 16.0 Å². The molecular formula is C9H8BrFN4O2S. The van der Waals surface area contributed by atoms with Crippen LogP contribution >= 0.6 is 15.9 Å². The zero-order valence-corrected chi connectivity index (χ0v) is 11.2. The molecule has 9 heteroatoms. The third-order valence-corrected chi connectivity index (χ3v) is 4.07. The van der Waals surface area contributed by atoms with Gasteiger partial charge >= 0.3 is 0 Å². The molecule has 0 amide bonds. The Morgan fingerprint density at radius 3 is 2.78 bits per heavy atom. The van der Waals surface area contributed by atoms with E-state index in [9.17, 15) is 12.8 Å². The summed E-state index contributed by atoms with van der Waals surface area (Å²) in [5.74, 6) is -0.584. The maximum Gasteiger partial charge on any atom is 0.266 e. The second-order valence-electron chi connectivity index (χ2n) is 3.35.